The molecule has 0 spiro atoms. The second-order valence-electron chi connectivity index (χ2n) is 7.52. The molecular formula is C22H24F2N4O3. The zero-order valence-corrected chi connectivity index (χ0v) is 17.5. The summed E-state index contributed by atoms with van der Waals surface area (Å²) in [7, 11) is 1.37. The minimum atomic E-state index is -2.97. The lowest BCUT2D eigenvalue weighted by Gasteiger charge is -2.12. The molecule has 1 amide bonds. The molecule has 7 nitrogen and oxygen atoms in total. The number of aryl methyl sites for hydroxylation is 3. The summed E-state index contributed by atoms with van der Waals surface area (Å²) < 4.78 is 37.0. The number of hydrogen-bond acceptors (Lipinski definition) is 5. The standard InChI is InChI=1S/C22H24F2N4O3/c1-13-10-15(19-20(26-13)28-9-5-3-4-6-18(28)27-19)21(29)25-12-14-7-8-16(30-2)17(11-14)31-22(23)24/h7-8,10-11,22H,3-6,9,12H2,1-2H3,(H,25,29). The minimum Gasteiger partial charge on any atom is -0.493 e. The third-order valence-corrected chi connectivity index (χ3v) is 5.33. The van der Waals surface area contributed by atoms with Gasteiger partial charge < -0.3 is 19.4 Å². The first-order valence-corrected chi connectivity index (χ1v) is 10.2. The Morgan fingerprint density at radius 3 is 2.81 bits per heavy atom. The molecule has 0 saturated carbocycles. The van der Waals surface area contributed by atoms with Gasteiger partial charge in [0.2, 0.25) is 0 Å². The highest BCUT2D eigenvalue weighted by atomic mass is 19.3. The molecular weight excluding hydrogens is 406 g/mol. The van der Waals surface area contributed by atoms with Crippen molar-refractivity contribution in [3.8, 4) is 11.5 Å². The molecule has 0 bridgehead atoms. The van der Waals surface area contributed by atoms with E-state index in [9.17, 15) is 13.6 Å². The summed E-state index contributed by atoms with van der Waals surface area (Å²) in [6, 6.07) is 6.37. The number of carbonyl (C=O) groups excluding carboxylic acids is 1. The zero-order chi connectivity index (χ0) is 22.0. The maximum Gasteiger partial charge on any atom is 0.387 e. The van der Waals surface area contributed by atoms with Gasteiger partial charge in [-0.05, 0) is 43.5 Å². The maximum atomic E-state index is 13.0. The zero-order valence-electron chi connectivity index (χ0n) is 17.5. The quantitative estimate of drug-likeness (QED) is 0.640. The molecule has 1 aromatic carbocycles. The van der Waals surface area contributed by atoms with Crippen LogP contribution in [0.1, 0.15) is 46.7 Å². The number of carbonyl (C=O) groups is 1. The first-order chi connectivity index (χ1) is 15.0. The number of nitrogens with zero attached hydrogens (tertiary/aromatic N) is 3. The number of imidazole rings is 1. The van der Waals surface area contributed by atoms with Gasteiger partial charge in [-0.3, -0.25) is 4.79 Å². The summed E-state index contributed by atoms with van der Waals surface area (Å²) in [6.45, 7) is -0.131. The van der Waals surface area contributed by atoms with E-state index in [2.05, 4.69) is 19.6 Å². The SMILES string of the molecule is COc1ccc(CNC(=O)c2cc(C)nc3c2nc2n3CCCCC2)cc1OC(F)F. The van der Waals surface area contributed by atoms with Crippen LogP contribution in [0.2, 0.25) is 0 Å². The van der Waals surface area contributed by atoms with E-state index in [1.807, 2.05) is 6.92 Å². The number of hydrogen-bond donors (Lipinski definition) is 1. The highest BCUT2D eigenvalue weighted by Gasteiger charge is 2.21. The second-order valence-corrected chi connectivity index (χ2v) is 7.52. The number of alkyl halides is 2. The number of fused-ring (bicyclic) bond motifs is 3. The summed E-state index contributed by atoms with van der Waals surface area (Å²) in [6.07, 6.45) is 4.17. The third-order valence-electron chi connectivity index (χ3n) is 5.33. The first kappa shape index (κ1) is 21.0. The summed E-state index contributed by atoms with van der Waals surface area (Å²) in [5.41, 5.74) is 3.13. The Labute approximate surface area is 178 Å². The van der Waals surface area contributed by atoms with E-state index in [0.29, 0.717) is 16.6 Å². The largest absolute Gasteiger partial charge is 0.493 e. The fourth-order valence-electron chi connectivity index (χ4n) is 3.89. The van der Waals surface area contributed by atoms with E-state index in [4.69, 9.17) is 9.72 Å². The monoisotopic (exact) mass is 430 g/mol. The van der Waals surface area contributed by atoms with Gasteiger partial charge in [-0.1, -0.05) is 12.5 Å². The highest BCUT2D eigenvalue weighted by molar-refractivity contribution is 6.04. The van der Waals surface area contributed by atoms with Gasteiger partial charge in [0.05, 0.1) is 12.7 Å². The molecule has 31 heavy (non-hydrogen) atoms. The Morgan fingerprint density at radius 1 is 1.19 bits per heavy atom. The summed E-state index contributed by atoms with van der Waals surface area (Å²) >= 11 is 0. The van der Waals surface area contributed by atoms with E-state index in [1.165, 1.54) is 19.2 Å². The van der Waals surface area contributed by atoms with E-state index in [0.717, 1.165) is 49.4 Å². The van der Waals surface area contributed by atoms with Crippen LogP contribution in [0.15, 0.2) is 24.3 Å². The van der Waals surface area contributed by atoms with Crippen molar-refractivity contribution in [2.75, 3.05) is 7.11 Å². The Balaban J connectivity index is 1.58. The molecule has 1 aliphatic rings. The lowest BCUT2D eigenvalue weighted by atomic mass is 10.1. The average Bonchev–Trinajstić information content (AvgIpc) is 2.92. The molecule has 3 heterocycles. The lowest BCUT2D eigenvalue weighted by molar-refractivity contribution is -0.0512. The lowest BCUT2D eigenvalue weighted by Crippen LogP contribution is -2.23. The van der Waals surface area contributed by atoms with Gasteiger partial charge in [0.15, 0.2) is 17.1 Å². The number of aromatic nitrogens is 3. The summed E-state index contributed by atoms with van der Waals surface area (Å²) in [5, 5.41) is 2.85. The Kier molecular flexibility index (Phi) is 6.01. The second kappa shape index (κ2) is 8.87. The maximum absolute atomic E-state index is 13.0. The number of halogens is 2. The molecule has 2 aromatic heterocycles. The predicted octanol–water partition coefficient (Wildman–Crippen LogP) is 4.01. The summed E-state index contributed by atoms with van der Waals surface area (Å²) in [5.74, 6) is 0.782. The number of pyridine rings is 1. The average molecular weight is 430 g/mol. The van der Waals surface area contributed by atoms with Crippen LogP contribution in [0.5, 0.6) is 11.5 Å². The van der Waals surface area contributed by atoms with E-state index in [-0.39, 0.29) is 24.0 Å². The highest BCUT2D eigenvalue weighted by Crippen LogP contribution is 2.29. The van der Waals surface area contributed by atoms with E-state index in [1.54, 1.807) is 12.1 Å². The van der Waals surface area contributed by atoms with Gasteiger partial charge in [-0.15, -0.1) is 0 Å². The molecule has 1 N–H and O–H groups in total. The first-order valence-electron chi connectivity index (χ1n) is 10.2. The molecule has 0 atom stereocenters. The normalized spacial score (nSPS) is 13.7. The Morgan fingerprint density at radius 2 is 2.03 bits per heavy atom. The van der Waals surface area contributed by atoms with Crippen molar-refractivity contribution in [3.05, 3.63) is 46.9 Å². The topological polar surface area (TPSA) is 78.3 Å². The predicted molar refractivity (Wildman–Crippen MR) is 111 cm³/mol. The number of amides is 1. The van der Waals surface area contributed by atoms with Crippen LogP contribution in [-0.2, 0) is 19.5 Å². The third kappa shape index (κ3) is 4.45. The van der Waals surface area contributed by atoms with Crippen molar-refractivity contribution in [2.45, 2.75) is 52.3 Å². The number of nitrogens with one attached hydrogen (secondary N) is 1. The van der Waals surface area contributed by atoms with Gasteiger partial charge in [0.1, 0.15) is 11.3 Å². The van der Waals surface area contributed by atoms with Crippen LogP contribution in [0, 0.1) is 6.92 Å². The molecule has 9 heteroatoms. The van der Waals surface area contributed by atoms with Gasteiger partial charge in [0.25, 0.3) is 5.91 Å². The Bertz CT molecular complexity index is 1110. The van der Waals surface area contributed by atoms with Gasteiger partial charge in [-0.2, -0.15) is 8.78 Å². The van der Waals surface area contributed by atoms with Gasteiger partial charge >= 0.3 is 6.61 Å². The van der Waals surface area contributed by atoms with E-state index < -0.39 is 6.61 Å². The van der Waals surface area contributed by atoms with Crippen LogP contribution in [0.4, 0.5) is 8.78 Å². The molecule has 164 valence electrons. The van der Waals surface area contributed by atoms with Crippen molar-refractivity contribution in [3.63, 3.8) is 0 Å². The van der Waals surface area contributed by atoms with Crippen LogP contribution in [0.25, 0.3) is 11.2 Å². The number of methoxy groups -OCH3 is 1. The molecule has 0 unspecified atom stereocenters. The molecule has 0 radical (unpaired) electrons. The van der Waals surface area contributed by atoms with E-state index >= 15 is 0 Å². The van der Waals surface area contributed by atoms with Crippen molar-refractivity contribution < 1.29 is 23.0 Å². The van der Waals surface area contributed by atoms with Gasteiger partial charge in [0, 0.05) is 25.2 Å². The molecule has 3 aromatic rings. The smallest absolute Gasteiger partial charge is 0.387 e. The Hall–Kier alpha value is -3.23. The molecule has 4 rings (SSSR count). The number of ether oxygens (including phenoxy) is 2. The molecule has 0 fully saturated rings. The minimum absolute atomic E-state index is 0.0794. The summed E-state index contributed by atoms with van der Waals surface area (Å²) in [4.78, 5) is 22.3. The van der Waals surface area contributed by atoms with Crippen molar-refractivity contribution in [1.82, 2.24) is 19.9 Å². The van der Waals surface area contributed by atoms with Crippen LogP contribution in [0.3, 0.4) is 0 Å². The van der Waals surface area contributed by atoms with Gasteiger partial charge in [-0.25, -0.2) is 9.97 Å². The van der Waals surface area contributed by atoms with Crippen LogP contribution in [-0.4, -0.2) is 34.2 Å². The molecule has 0 saturated heterocycles. The van der Waals surface area contributed by atoms with Crippen LogP contribution < -0.4 is 14.8 Å². The van der Waals surface area contributed by atoms with Crippen LogP contribution >= 0.6 is 0 Å². The number of rotatable bonds is 6. The fourth-order valence-corrected chi connectivity index (χ4v) is 3.89. The molecule has 1 aliphatic heterocycles. The van der Waals surface area contributed by atoms with Crippen molar-refractivity contribution >= 4 is 17.1 Å². The van der Waals surface area contributed by atoms with Crippen molar-refractivity contribution in [1.29, 1.82) is 0 Å². The fraction of sp³-hybridized carbons (Fsp3) is 0.409. The van der Waals surface area contributed by atoms with Crippen molar-refractivity contribution in [2.24, 2.45) is 0 Å². The number of benzene rings is 1. The molecule has 0 aliphatic carbocycles.